The lowest BCUT2D eigenvalue weighted by atomic mass is 9.77. The molecule has 2 aromatic rings. The predicted octanol–water partition coefficient (Wildman–Crippen LogP) is 3.67. The van der Waals surface area contributed by atoms with Crippen molar-refractivity contribution in [3.05, 3.63) is 75.8 Å². The van der Waals surface area contributed by atoms with Gasteiger partial charge in [0.2, 0.25) is 5.91 Å². The molecule has 2 aromatic carbocycles. The van der Waals surface area contributed by atoms with Crippen LogP contribution >= 0.6 is 23.2 Å². The number of nitrogens with zero attached hydrogens (tertiary/aromatic N) is 1. The summed E-state index contributed by atoms with van der Waals surface area (Å²) >= 11 is 12.2. The van der Waals surface area contributed by atoms with Gasteiger partial charge in [0.15, 0.2) is 0 Å². The molecule has 33 heavy (non-hydrogen) atoms. The smallest absolute Gasteiger partial charge is 0.346 e. The zero-order valence-electron chi connectivity index (χ0n) is 17.5. The summed E-state index contributed by atoms with van der Waals surface area (Å²) in [6, 6.07) is 11.6. The lowest BCUT2D eigenvalue weighted by Crippen LogP contribution is -2.39. The molecule has 7 nitrogen and oxygen atoms in total. The molecule has 0 N–H and O–H groups in total. The van der Waals surface area contributed by atoms with Crippen molar-refractivity contribution >= 4 is 41.0 Å². The Morgan fingerprint density at radius 2 is 1.91 bits per heavy atom. The van der Waals surface area contributed by atoms with E-state index in [1.807, 2.05) is 18.2 Å². The van der Waals surface area contributed by atoms with E-state index in [0.717, 1.165) is 5.56 Å². The first kappa shape index (κ1) is 21.9. The molecule has 1 amide bonds. The molecule has 0 saturated carbocycles. The van der Waals surface area contributed by atoms with Gasteiger partial charge in [0.1, 0.15) is 17.3 Å². The molecular weight excluding hydrogens is 469 g/mol. The highest BCUT2D eigenvalue weighted by Gasteiger charge is 2.67. The van der Waals surface area contributed by atoms with Crippen molar-refractivity contribution in [1.29, 1.82) is 0 Å². The van der Waals surface area contributed by atoms with Crippen molar-refractivity contribution in [2.45, 2.75) is 18.2 Å². The normalized spacial score (nSPS) is 27.1. The monoisotopic (exact) mass is 487 g/mol. The van der Waals surface area contributed by atoms with Gasteiger partial charge in [-0.1, -0.05) is 53.6 Å². The summed E-state index contributed by atoms with van der Waals surface area (Å²) < 4.78 is 16.4. The zero-order valence-corrected chi connectivity index (χ0v) is 19.0. The Kier molecular flexibility index (Phi) is 5.43. The fourth-order valence-corrected chi connectivity index (χ4v) is 5.45. The number of likely N-dealkylation sites (tertiary alicyclic amines) is 1. The van der Waals surface area contributed by atoms with E-state index >= 15 is 0 Å². The number of hydrogen-bond donors (Lipinski definition) is 0. The van der Waals surface area contributed by atoms with Crippen LogP contribution in [0.5, 0.6) is 5.75 Å². The number of fused-ring (bicyclic) bond motifs is 1. The highest BCUT2D eigenvalue weighted by molar-refractivity contribution is 6.39. The van der Waals surface area contributed by atoms with Crippen molar-refractivity contribution in [3.63, 3.8) is 0 Å². The summed E-state index contributed by atoms with van der Waals surface area (Å²) in [6.45, 7) is 0.599. The Hall–Kier alpha value is -2.87. The third kappa shape index (κ3) is 3.60. The lowest BCUT2D eigenvalue weighted by Gasteiger charge is -2.22. The first-order valence-corrected chi connectivity index (χ1v) is 11.1. The Labute approximate surface area is 199 Å². The standard InChI is InChI=1S/C24H19Cl2NO6/c1-31-22(29)19-17-8-9-24(33-17)12-27(21(28)20(19)24)11-13-4-2-5-14(10-13)32-23(30)18-15(25)6-3-7-16(18)26/h2-10,17,19-20H,11-12H2,1H3/t17-,19-,20+,24+/m1/s1. The minimum Gasteiger partial charge on any atom is -0.469 e. The number of carbonyl (C=O) groups is 3. The summed E-state index contributed by atoms with van der Waals surface area (Å²) in [5, 5.41) is 0.389. The first-order valence-electron chi connectivity index (χ1n) is 10.3. The Bertz CT molecular complexity index is 1180. The molecular formula is C24H19Cl2NO6. The summed E-state index contributed by atoms with van der Waals surface area (Å²) in [7, 11) is 1.31. The van der Waals surface area contributed by atoms with Gasteiger partial charge in [-0.05, 0) is 29.8 Å². The minimum atomic E-state index is -0.814. The molecule has 3 heterocycles. The van der Waals surface area contributed by atoms with Crippen molar-refractivity contribution in [1.82, 2.24) is 4.90 Å². The van der Waals surface area contributed by atoms with Crippen LogP contribution in [0.2, 0.25) is 10.0 Å². The maximum absolute atomic E-state index is 13.2. The average Bonchev–Trinajstić information content (AvgIpc) is 3.41. The topological polar surface area (TPSA) is 82.1 Å². The fourth-order valence-electron chi connectivity index (χ4n) is 4.90. The van der Waals surface area contributed by atoms with Gasteiger partial charge in [-0.25, -0.2) is 4.79 Å². The second kappa shape index (κ2) is 8.17. The van der Waals surface area contributed by atoms with Crippen LogP contribution in [0.15, 0.2) is 54.6 Å². The van der Waals surface area contributed by atoms with Crippen LogP contribution < -0.4 is 4.74 Å². The van der Waals surface area contributed by atoms with Crippen molar-refractivity contribution < 1.29 is 28.6 Å². The second-order valence-corrected chi connectivity index (χ2v) is 9.07. The summed E-state index contributed by atoms with van der Waals surface area (Å²) in [4.78, 5) is 39.7. The van der Waals surface area contributed by atoms with E-state index in [1.54, 1.807) is 41.3 Å². The molecule has 0 radical (unpaired) electrons. The second-order valence-electron chi connectivity index (χ2n) is 8.25. The van der Waals surface area contributed by atoms with Gasteiger partial charge in [-0.3, -0.25) is 9.59 Å². The molecule has 5 rings (SSSR count). The number of rotatable bonds is 5. The highest BCUT2D eigenvalue weighted by atomic mass is 35.5. The van der Waals surface area contributed by atoms with Gasteiger partial charge in [-0.2, -0.15) is 0 Å². The van der Waals surface area contributed by atoms with E-state index in [1.165, 1.54) is 7.11 Å². The molecule has 1 spiro atoms. The quantitative estimate of drug-likeness (QED) is 0.363. The molecule has 0 unspecified atom stereocenters. The Morgan fingerprint density at radius 1 is 1.18 bits per heavy atom. The lowest BCUT2D eigenvalue weighted by molar-refractivity contribution is -0.151. The maximum Gasteiger partial charge on any atom is 0.346 e. The van der Waals surface area contributed by atoms with E-state index in [2.05, 4.69) is 0 Å². The Morgan fingerprint density at radius 3 is 2.64 bits per heavy atom. The SMILES string of the molecule is COC(=O)[C@H]1[C@H]2C(=O)N(Cc3cccc(OC(=O)c4c(Cl)cccc4Cl)c3)C[C@@]23C=C[C@H]1O3. The third-order valence-corrected chi connectivity index (χ3v) is 6.93. The largest absolute Gasteiger partial charge is 0.469 e. The number of methoxy groups -OCH3 is 1. The van der Waals surface area contributed by atoms with Gasteiger partial charge >= 0.3 is 11.9 Å². The van der Waals surface area contributed by atoms with Crippen LogP contribution in [-0.2, 0) is 25.6 Å². The molecule has 9 heteroatoms. The molecule has 0 aliphatic carbocycles. The van der Waals surface area contributed by atoms with Crippen LogP contribution in [0.4, 0.5) is 0 Å². The van der Waals surface area contributed by atoms with Gasteiger partial charge in [0.25, 0.3) is 0 Å². The van der Waals surface area contributed by atoms with E-state index in [-0.39, 0.29) is 28.1 Å². The van der Waals surface area contributed by atoms with E-state index in [4.69, 9.17) is 37.4 Å². The summed E-state index contributed by atoms with van der Waals surface area (Å²) in [5.74, 6) is -2.25. The van der Waals surface area contributed by atoms with Crippen molar-refractivity contribution in [2.24, 2.45) is 11.8 Å². The van der Waals surface area contributed by atoms with Crippen LogP contribution in [0, 0.1) is 11.8 Å². The predicted molar refractivity (Wildman–Crippen MR) is 119 cm³/mol. The number of ether oxygens (including phenoxy) is 3. The van der Waals surface area contributed by atoms with Crippen molar-refractivity contribution in [2.75, 3.05) is 13.7 Å². The highest BCUT2D eigenvalue weighted by Crippen LogP contribution is 2.52. The van der Waals surface area contributed by atoms with Crippen LogP contribution in [0.1, 0.15) is 15.9 Å². The first-order chi connectivity index (χ1) is 15.8. The number of halogens is 2. The van der Waals surface area contributed by atoms with Gasteiger partial charge < -0.3 is 19.1 Å². The number of esters is 2. The maximum atomic E-state index is 13.2. The van der Waals surface area contributed by atoms with Crippen LogP contribution in [0.3, 0.4) is 0 Å². The molecule has 2 bridgehead atoms. The van der Waals surface area contributed by atoms with E-state index < -0.39 is 35.5 Å². The fraction of sp³-hybridized carbons (Fsp3) is 0.292. The molecule has 4 atom stereocenters. The average molecular weight is 488 g/mol. The molecule has 3 aliphatic rings. The zero-order chi connectivity index (χ0) is 23.3. The number of benzene rings is 2. The van der Waals surface area contributed by atoms with Gasteiger partial charge in [0, 0.05) is 6.54 Å². The summed E-state index contributed by atoms with van der Waals surface area (Å²) in [5.41, 5.74) is 0.0239. The van der Waals surface area contributed by atoms with Crippen molar-refractivity contribution in [3.8, 4) is 5.75 Å². The Balaban J connectivity index is 1.33. The van der Waals surface area contributed by atoms with E-state index in [9.17, 15) is 14.4 Å². The molecule has 0 aromatic heterocycles. The van der Waals surface area contributed by atoms with Gasteiger partial charge in [-0.15, -0.1) is 0 Å². The minimum absolute atomic E-state index is 0.0847. The molecule has 170 valence electrons. The van der Waals surface area contributed by atoms with Gasteiger partial charge in [0.05, 0.1) is 41.3 Å². The molecule has 2 saturated heterocycles. The molecule has 2 fully saturated rings. The number of carbonyl (C=O) groups excluding carboxylic acids is 3. The van der Waals surface area contributed by atoms with E-state index in [0.29, 0.717) is 12.3 Å². The van der Waals surface area contributed by atoms with Crippen LogP contribution in [-0.4, -0.2) is 48.1 Å². The number of hydrogen-bond acceptors (Lipinski definition) is 6. The third-order valence-electron chi connectivity index (χ3n) is 6.30. The van der Waals surface area contributed by atoms with Crippen LogP contribution in [0.25, 0.3) is 0 Å². The molecule has 3 aliphatic heterocycles. The summed E-state index contributed by atoms with van der Waals surface area (Å²) in [6.07, 6.45) is 3.27. The number of amides is 1.